The Morgan fingerprint density at radius 2 is 2.04 bits per heavy atom. The summed E-state index contributed by atoms with van der Waals surface area (Å²) in [4.78, 5) is 2.34. The van der Waals surface area contributed by atoms with Crippen molar-refractivity contribution in [3.05, 3.63) is 46.8 Å². The Morgan fingerprint density at radius 3 is 2.62 bits per heavy atom. The molecule has 2 atom stereocenters. The van der Waals surface area contributed by atoms with Gasteiger partial charge in [0.1, 0.15) is 17.1 Å². The number of benzene rings is 1. The molecule has 1 fully saturated rings. The van der Waals surface area contributed by atoms with Gasteiger partial charge in [-0.1, -0.05) is 17.3 Å². The van der Waals surface area contributed by atoms with E-state index in [1.54, 1.807) is 7.11 Å². The number of hydrogen-bond acceptors (Lipinski definition) is 5. The maximum atomic E-state index is 11.3. The van der Waals surface area contributed by atoms with Gasteiger partial charge in [0, 0.05) is 18.2 Å². The van der Waals surface area contributed by atoms with Crippen LogP contribution in [0.2, 0.25) is 0 Å². The topological polar surface area (TPSA) is 58.7 Å². The molecule has 0 aliphatic carbocycles. The third-order valence-corrected chi connectivity index (χ3v) is 5.23. The van der Waals surface area contributed by atoms with Gasteiger partial charge in [0.15, 0.2) is 0 Å². The molecule has 1 N–H and O–H groups in total. The normalized spacial score (nSPS) is 21.0. The van der Waals surface area contributed by atoms with Gasteiger partial charge in [-0.05, 0) is 57.9 Å². The molecule has 0 saturated carbocycles. The molecule has 2 aromatic rings. The standard InChI is InChI=1S/C19H26N2O3/c1-13-17(14(2)24-20-13)12-21-11-5-6-18(21)19(3,22)15-7-9-16(23-4)10-8-15/h7-10,18,22H,5-6,11-12H2,1-4H3. The smallest absolute Gasteiger partial charge is 0.138 e. The summed E-state index contributed by atoms with van der Waals surface area (Å²) < 4.78 is 10.5. The summed E-state index contributed by atoms with van der Waals surface area (Å²) in [6.45, 7) is 7.56. The predicted molar refractivity (Wildman–Crippen MR) is 92.0 cm³/mol. The Balaban J connectivity index is 1.83. The van der Waals surface area contributed by atoms with Crippen molar-refractivity contribution in [1.29, 1.82) is 0 Å². The molecule has 2 unspecified atom stereocenters. The second-order valence-corrected chi connectivity index (χ2v) is 6.81. The van der Waals surface area contributed by atoms with Crippen molar-refractivity contribution in [2.45, 2.75) is 51.8 Å². The van der Waals surface area contributed by atoms with Crippen LogP contribution in [-0.2, 0) is 12.1 Å². The lowest BCUT2D eigenvalue weighted by atomic mass is 9.86. The van der Waals surface area contributed by atoms with E-state index in [0.29, 0.717) is 0 Å². The van der Waals surface area contributed by atoms with Crippen LogP contribution >= 0.6 is 0 Å². The van der Waals surface area contributed by atoms with Gasteiger partial charge < -0.3 is 14.4 Å². The second-order valence-electron chi connectivity index (χ2n) is 6.81. The molecule has 0 bridgehead atoms. The fraction of sp³-hybridized carbons (Fsp3) is 0.526. The van der Waals surface area contributed by atoms with Crippen LogP contribution in [0.4, 0.5) is 0 Å². The van der Waals surface area contributed by atoms with Crippen LogP contribution in [0, 0.1) is 13.8 Å². The van der Waals surface area contributed by atoms with E-state index in [0.717, 1.165) is 54.3 Å². The number of aromatic nitrogens is 1. The average molecular weight is 330 g/mol. The largest absolute Gasteiger partial charge is 0.497 e. The van der Waals surface area contributed by atoms with Crippen molar-refractivity contribution < 1.29 is 14.4 Å². The highest BCUT2D eigenvalue weighted by atomic mass is 16.5. The summed E-state index contributed by atoms with van der Waals surface area (Å²) in [6, 6.07) is 7.77. The molecular weight excluding hydrogens is 304 g/mol. The summed E-state index contributed by atoms with van der Waals surface area (Å²) >= 11 is 0. The summed E-state index contributed by atoms with van der Waals surface area (Å²) in [5.41, 5.74) is 2.07. The Bertz CT molecular complexity index is 672. The van der Waals surface area contributed by atoms with E-state index in [9.17, 15) is 5.11 Å². The van der Waals surface area contributed by atoms with E-state index in [4.69, 9.17) is 9.26 Å². The van der Waals surface area contributed by atoms with Crippen molar-refractivity contribution in [1.82, 2.24) is 10.1 Å². The first-order valence-electron chi connectivity index (χ1n) is 8.46. The monoisotopic (exact) mass is 330 g/mol. The van der Waals surface area contributed by atoms with Gasteiger partial charge in [-0.25, -0.2) is 0 Å². The number of rotatable bonds is 5. The third kappa shape index (κ3) is 3.06. The van der Waals surface area contributed by atoms with Gasteiger partial charge in [0.25, 0.3) is 0 Å². The first kappa shape index (κ1) is 17.0. The Kier molecular flexibility index (Phi) is 4.65. The van der Waals surface area contributed by atoms with Crippen LogP contribution in [0.25, 0.3) is 0 Å². The SMILES string of the molecule is COc1ccc(C(C)(O)C2CCCN2Cc2c(C)noc2C)cc1. The molecule has 1 aliphatic heterocycles. The molecule has 5 nitrogen and oxygen atoms in total. The van der Waals surface area contributed by atoms with E-state index in [1.807, 2.05) is 45.0 Å². The number of hydrogen-bond donors (Lipinski definition) is 1. The molecule has 130 valence electrons. The van der Waals surface area contributed by atoms with E-state index in [2.05, 4.69) is 10.1 Å². The number of nitrogens with zero attached hydrogens (tertiary/aromatic N) is 2. The quantitative estimate of drug-likeness (QED) is 0.912. The minimum atomic E-state index is -0.915. The fourth-order valence-electron chi connectivity index (χ4n) is 3.70. The minimum Gasteiger partial charge on any atom is -0.497 e. The van der Waals surface area contributed by atoms with E-state index >= 15 is 0 Å². The number of aryl methyl sites for hydroxylation is 2. The molecule has 1 aromatic heterocycles. The first-order valence-corrected chi connectivity index (χ1v) is 8.46. The molecule has 24 heavy (non-hydrogen) atoms. The Hall–Kier alpha value is -1.85. The number of aliphatic hydroxyl groups is 1. The van der Waals surface area contributed by atoms with Crippen molar-refractivity contribution in [2.75, 3.05) is 13.7 Å². The van der Waals surface area contributed by atoms with Gasteiger partial charge in [-0.2, -0.15) is 0 Å². The van der Waals surface area contributed by atoms with Gasteiger partial charge in [0.05, 0.1) is 12.8 Å². The Labute approximate surface area is 143 Å². The summed E-state index contributed by atoms with van der Waals surface area (Å²) in [5.74, 6) is 1.66. The van der Waals surface area contributed by atoms with E-state index < -0.39 is 5.60 Å². The molecule has 1 saturated heterocycles. The van der Waals surface area contributed by atoms with E-state index in [-0.39, 0.29) is 6.04 Å². The number of methoxy groups -OCH3 is 1. The highest BCUT2D eigenvalue weighted by Crippen LogP contribution is 2.36. The lowest BCUT2D eigenvalue weighted by Gasteiger charge is -2.37. The average Bonchev–Trinajstić information content (AvgIpc) is 3.17. The predicted octanol–water partition coefficient (Wildman–Crippen LogP) is 3.17. The lowest BCUT2D eigenvalue weighted by molar-refractivity contribution is -0.0256. The summed E-state index contributed by atoms with van der Waals surface area (Å²) in [7, 11) is 1.65. The minimum absolute atomic E-state index is 0.0691. The van der Waals surface area contributed by atoms with Crippen LogP contribution in [0.5, 0.6) is 5.75 Å². The molecule has 0 spiro atoms. The molecule has 3 rings (SSSR count). The molecule has 0 radical (unpaired) electrons. The van der Waals surface area contributed by atoms with Gasteiger partial charge in [-0.15, -0.1) is 0 Å². The maximum absolute atomic E-state index is 11.3. The molecule has 2 heterocycles. The number of likely N-dealkylation sites (tertiary alicyclic amines) is 1. The number of ether oxygens (including phenoxy) is 1. The van der Waals surface area contributed by atoms with E-state index in [1.165, 1.54) is 0 Å². The van der Waals surface area contributed by atoms with Crippen molar-refractivity contribution in [3.63, 3.8) is 0 Å². The van der Waals surface area contributed by atoms with Gasteiger partial charge >= 0.3 is 0 Å². The van der Waals surface area contributed by atoms with Crippen molar-refractivity contribution in [2.24, 2.45) is 0 Å². The fourth-order valence-corrected chi connectivity index (χ4v) is 3.70. The third-order valence-electron chi connectivity index (χ3n) is 5.23. The van der Waals surface area contributed by atoms with Gasteiger partial charge in [0.2, 0.25) is 0 Å². The van der Waals surface area contributed by atoms with Crippen molar-refractivity contribution in [3.8, 4) is 5.75 Å². The zero-order valence-electron chi connectivity index (χ0n) is 14.9. The van der Waals surface area contributed by atoms with Crippen LogP contribution in [0.15, 0.2) is 28.8 Å². The first-order chi connectivity index (χ1) is 11.4. The van der Waals surface area contributed by atoms with Crippen LogP contribution < -0.4 is 4.74 Å². The van der Waals surface area contributed by atoms with Gasteiger partial charge in [-0.3, -0.25) is 4.90 Å². The molecule has 1 aliphatic rings. The van der Waals surface area contributed by atoms with Crippen LogP contribution in [0.3, 0.4) is 0 Å². The van der Waals surface area contributed by atoms with Crippen LogP contribution in [0.1, 0.15) is 42.3 Å². The second kappa shape index (κ2) is 6.57. The highest BCUT2D eigenvalue weighted by Gasteiger charge is 2.40. The molecule has 0 amide bonds. The van der Waals surface area contributed by atoms with Crippen molar-refractivity contribution >= 4 is 0 Å². The summed E-state index contributed by atoms with van der Waals surface area (Å²) in [5, 5.41) is 15.3. The maximum Gasteiger partial charge on any atom is 0.138 e. The zero-order valence-corrected chi connectivity index (χ0v) is 14.9. The highest BCUT2D eigenvalue weighted by molar-refractivity contribution is 5.32. The molecular formula is C19H26N2O3. The Morgan fingerprint density at radius 1 is 1.33 bits per heavy atom. The van der Waals surface area contributed by atoms with Crippen LogP contribution in [-0.4, -0.2) is 34.9 Å². The lowest BCUT2D eigenvalue weighted by Crippen LogP contribution is -2.45. The zero-order chi connectivity index (χ0) is 17.3. The molecule has 5 heteroatoms. The molecule has 1 aromatic carbocycles. The summed E-state index contributed by atoms with van der Waals surface area (Å²) in [6.07, 6.45) is 2.06.